The van der Waals surface area contributed by atoms with Crippen LogP contribution >= 0.6 is 0 Å². The lowest BCUT2D eigenvalue weighted by atomic mass is 10.1. The van der Waals surface area contributed by atoms with E-state index in [2.05, 4.69) is 5.32 Å². The fourth-order valence-electron chi connectivity index (χ4n) is 2.52. The average Bonchev–Trinajstić information content (AvgIpc) is 2.66. The van der Waals surface area contributed by atoms with Crippen molar-refractivity contribution < 1.29 is 22.8 Å². The van der Waals surface area contributed by atoms with E-state index < -0.39 is 18.6 Å². The lowest BCUT2D eigenvalue weighted by Crippen LogP contribution is -2.33. The summed E-state index contributed by atoms with van der Waals surface area (Å²) in [6.07, 6.45) is -4.46. The Balaban J connectivity index is 1.85. The van der Waals surface area contributed by atoms with Gasteiger partial charge in [0.2, 0.25) is 5.91 Å². The van der Waals surface area contributed by atoms with Crippen LogP contribution in [-0.4, -0.2) is 43.0 Å². The zero-order valence-electron chi connectivity index (χ0n) is 15.6. The number of halogens is 3. The van der Waals surface area contributed by atoms with Gasteiger partial charge >= 0.3 is 6.18 Å². The zero-order valence-corrected chi connectivity index (χ0v) is 15.6. The third-order valence-electron chi connectivity index (χ3n) is 3.81. The van der Waals surface area contributed by atoms with Gasteiger partial charge in [-0.05, 0) is 42.9 Å². The highest BCUT2D eigenvalue weighted by molar-refractivity contribution is 5.94. The number of nitrogens with zero attached hydrogens (tertiary/aromatic N) is 2. The highest BCUT2D eigenvalue weighted by Gasteiger charge is 2.27. The standard InChI is InChI=1S/C20H19F3N4O2/c1-27(12-18(28)26-17-4-2-3-15(9-17)10-24)11-14-5-7-16(8-6-14)19(29)25-13-20(21,22)23/h2-9H,11-13H2,1H3,(H,25,29)(H,26,28). The molecule has 0 heterocycles. The van der Waals surface area contributed by atoms with Crippen LogP contribution in [0.1, 0.15) is 21.5 Å². The molecule has 0 aliphatic heterocycles. The van der Waals surface area contributed by atoms with E-state index in [9.17, 15) is 22.8 Å². The van der Waals surface area contributed by atoms with Crippen molar-refractivity contribution in [1.29, 1.82) is 5.26 Å². The number of nitrogens with one attached hydrogen (secondary N) is 2. The average molecular weight is 404 g/mol. The van der Waals surface area contributed by atoms with Gasteiger partial charge in [-0.3, -0.25) is 14.5 Å². The predicted octanol–water partition coefficient (Wildman–Crippen LogP) is 2.92. The van der Waals surface area contributed by atoms with Crippen LogP contribution in [0.15, 0.2) is 48.5 Å². The van der Waals surface area contributed by atoms with E-state index in [4.69, 9.17) is 5.26 Å². The smallest absolute Gasteiger partial charge is 0.343 e. The quantitative estimate of drug-likeness (QED) is 0.743. The number of hydrogen-bond donors (Lipinski definition) is 2. The summed E-state index contributed by atoms with van der Waals surface area (Å²) in [6, 6.07) is 14.7. The van der Waals surface area contributed by atoms with Crippen LogP contribution < -0.4 is 10.6 Å². The molecule has 0 spiro atoms. The minimum absolute atomic E-state index is 0.0879. The second kappa shape index (κ2) is 9.71. The number of benzene rings is 2. The van der Waals surface area contributed by atoms with Crippen LogP contribution in [0, 0.1) is 11.3 Å². The van der Waals surface area contributed by atoms with Gasteiger partial charge in [-0.1, -0.05) is 18.2 Å². The lowest BCUT2D eigenvalue weighted by Gasteiger charge is -2.17. The van der Waals surface area contributed by atoms with E-state index in [0.29, 0.717) is 17.8 Å². The molecule has 0 fully saturated rings. The third-order valence-corrected chi connectivity index (χ3v) is 3.81. The first-order valence-electron chi connectivity index (χ1n) is 8.59. The van der Waals surface area contributed by atoms with Crippen molar-refractivity contribution in [3.05, 3.63) is 65.2 Å². The Kier molecular flexibility index (Phi) is 7.33. The molecule has 0 radical (unpaired) electrons. The first-order valence-corrected chi connectivity index (χ1v) is 8.59. The fourth-order valence-corrected chi connectivity index (χ4v) is 2.52. The number of rotatable bonds is 7. The van der Waals surface area contributed by atoms with Crippen LogP contribution in [-0.2, 0) is 11.3 Å². The van der Waals surface area contributed by atoms with Crippen LogP contribution in [0.3, 0.4) is 0 Å². The minimum atomic E-state index is -4.46. The summed E-state index contributed by atoms with van der Waals surface area (Å²) in [5, 5.41) is 13.4. The van der Waals surface area contributed by atoms with Gasteiger partial charge < -0.3 is 10.6 Å². The van der Waals surface area contributed by atoms with Crippen molar-refractivity contribution in [3.63, 3.8) is 0 Å². The van der Waals surface area contributed by atoms with E-state index in [-0.39, 0.29) is 18.0 Å². The fraction of sp³-hybridized carbons (Fsp3) is 0.250. The molecule has 0 aromatic heterocycles. The first-order chi connectivity index (χ1) is 13.7. The van der Waals surface area contributed by atoms with Crippen LogP contribution in [0.25, 0.3) is 0 Å². The second-order valence-corrected chi connectivity index (χ2v) is 6.41. The van der Waals surface area contributed by atoms with Crippen molar-refractivity contribution in [2.24, 2.45) is 0 Å². The molecule has 2 aromatic carbocycles. The van der Waals surface area contributed by atoms with Gasteiger partial charge in [-0.2, -0.15) is 18.4 Å². The van der Waals surface area contributed by atoms with Crippen molar-refractivity contribution in [1.82, 2.24) is 10.2 Å². The van der Waals surface area contributed by atoms with Crippen LogP contribution in [0.5, 0.6) is 0 Å². The molecule has 152 valence electrons. The van der Waals surface area contributed by atoms with E-state index in [1.54, 1.807) is 48.3 Å². The van der Waals surface area contributed by atoms with E-state index >= 15 is 0 Å². The van der Waals surface area contributed by atoms with Crippen molar-refractivity contribution in [2.45, 2.75) is 12.7 Å². The largest absolute Gasteiger partial charge is 0.405 e. The number of amides is 2. The van der Waals surface area contributed by atoms with Gasteiger partial charge in [0.25, 0.3) is 5.91 Å². The molecule has 2 amide bonds. The Hall–Kier alpha value is -3.38. The molecule has 0 saturated heterocycles. The van der Waals surface area contributed by atoms with Gasteiger partial charge in [-0.15, -0.1) is 0 Å². The summed E-state index contributed by atoms with van der Waals surface area (Å²) in [4.78, 5) is 25.6. The second-order valence-electron chi connectivity index (χ2n) is 6.41. The zero-order chi connectivity index (χ0) is 21.4. The van der Waals surface area contributed by atoms with Gasteiger partial charge in [0.1, 0.15) is 6.54 Å². The van der Waals surface area contributed by atoms with Crippen LogP contribution in [0.4, 0.5) is 18.9 Å². The third kappa shape index (κ3) is 7.63. The molecule has 0 unspecified atom stereocenters. The van der Waals surface area contributed by atoms with E-state index in [0.717, 1.165) is 5.56 Å². The number of hydrogen-bond acceptors (Lipinski definition) is 4. The molecule has 0 atom stereocenters. The Labute approximate surface area is 165 Å². The number of carbonyl (C=O) groups excluding carboxylic acids is 2. The molecule has 0 saturated carbocycles. The highest BCUT2D eigenvalue weighted by Crippen LogP contribution is 2.13. The number of nitriles is 1. The Morgan fingerprint density at radius 3 is 2.45 bits per heavy atom. The summed E-state index contributed by atoms with van der Waals surface area (Å²) >= 11 is 0. The minimum Gasteiger partial charge on any atom is -0.343 e. The van der Waals surface area contributed by atoms with Gasteiger partial charge in [0, 0.05) is 17.8 Å². The summed E-state index contributed by atoms with van der Waals surface area (Å²) in [5.41, 5.74) is 1.88. The van der Waals surface area contributed by atoms with Crippen molar-refractivity contribution in [3.8, 4) is 6.07 Å². The number of likely N-dealkylation sites (N-methyl/N-ethyl adjacent to an activating group) is 1. The van der Waals surface area contributed by atoms with E-state index in [1.807, 2.05) is 11.4 Å². The van der Waals surface area contributed by atoms with Gasteiger partial charge in [0.15, 0.2) is 0 Å². The summed E-state index contributed by atoms with van der Waals surface area (Å²) in [7, 11) is 1.73. The molecule has 0 bridgehead atoms. The maximum Gasteiger partial charge on any atom is 0.405 e. The predicted molar refractivity (Wildman–Crippen MR) is 101 cm³/mol. The van der Waals surface area contributed by atoms with Gasteiger partial charge in [-0.25, -0.2) is 0 Å². The number of alkyl halides is 3. The summed E-state index contributed by atoms with van der Waals surface area (Å²) in [6.45, 7) is -0.899. The molecular formula is C20H19F3N4O2. The first kappa shape index (κ1) is 21.9. The van der Waals surface area contributed by atoms with Crippen molar-refractivity contribution >= 4 is 17.5 Å². The number of anilines is 1. The molecule has 6 nitrogen and oxygen atoms in total. The highest BCUT2D eigenvalue weighted by atomic mass is 19.4. The Morgan fingerprint density at radius 2 is 1.83 bits per heavy atom. The monoisotopic (exact) mass is 404 g/mol. The normalized spacial score (nSPS) is 11.0. The lowest BCUT2D eigenvalue weighted by molar-refractivity contribution is -0.123. The van der Waals surface area contributed by atoms with Gasteiger partial charge in [0.05, 0.1) is 18.2 Å². The molecule has 2 N–H and O–H groups in total. The maximum absolute atomic E-state index is 12.2. The Bertz CT molecular complexity index is 905. The van der Waals surface area contributed by atoms with Crippen LogP contribution in [0.2, 0.25) is 0 Å². The topological polar surface area (TPSA) is 85.2 Å². The molecule has 29 heavy (non-hydrogen) atoms. The molecule has 2 aromatic rings. The molecule has 2 rings (SSSR count). The Morgan fingerprint density at radius 1 is 1.14 bits per heavy atom. The SMILES string of the molecule is CN(CC(=O)Nc1cccc(C#N)c1)Cc1ccc(C(=O)NCC(F)(F)F)cc1. The summed E-state index contributed by atoms with van der Waals surface area (Å²) in [5.74, 6) is -1.06. The van der Waals surface area contributed by atoms with Crippen molar-refractivity contribution in [2.75, 3.05) is 25.5 Å². The number of carbonyl (C=O) groups is 2. The van der Waals surface area contributed by atoms with E-state index in [1.165, 1.54) is 12.1 Å². The molecule has 0 aliphatic rings. The summed E-state index contributed by atoms with van der Waals surface area (Å²) < 4.78 is 36.5. The maximum atomic E-state index is 12.2. The molecule has 9 heteroatoms. The molecular weight excluding hydrogens is 385 g/mol. The molecule has 0 aliphatic carbocycles.